The molecule has 0 aliphatic rings. The summed E-state index contributed by atoms with van der Waals surface area (Å²) in [5.41, 5.74) is 0.691. The first kappa shape index (κ1) is 9.83. The van der Waals surface area contributed by atoms with Gasteiger partial charge < -0.3 is 4.40 Å². The Morgan fingerprint density at radius 1 is 1.21 bits per heavy atom. The minimum Gasteiger partial charge on any atom is -0.308 e. The Kier molecular flexibility index (Phi) is 2.21. The molecule has 2 aromatic rings. The van der Waals surface area contributed by atoms with Crippen LogP contribution in [0.4, 0.5) is 0 Å². The van der Waals surface area contributed by atoms with Crippen LogP contribution in [-0.2, 0) is 9.05 Å². The molecule has 2 aromatic heterocycles. The van der Waals surface area contributed by atoms with Crippen LogP contribution >= 0.6 is 22.3 Å². The van der Waals surface area contributed by atoms with E-state index in [1.54, 1.807) is 22.7 Å². The summed E-state index contributed by atoms with van der Waals surface area (Å²) < 4.78 is 23.7. The average molecular weight is 250 g/mol. The minimum atomic E-state index is -3.67. The molecule has 0 N–H and O–H groups in total. The number of pyridine rings is 1. The lowest BCUT2D eigenvalue weighted by molar-refractivity contribution is 0.609. The van der Waals surface area contributed by atoms with Crippen LogP contribution in [0.1, 0.15) is 0 Å². The van der Waals surface area contributed by atoms with Gasteiger partial charge in [-0.25, -0.2) is 8.42 Å². The molecule has 74 valence electrons. The largest absolute Gasteiger partial charge is 0.308 e. The number of fused-ring (bicyclic) bond motifs is 1. The highest BCUT2D eigenvalue weighted by atomic mass is 35.7. The van der Waals surface area contributed by atoms with E-state index in [0.29, 0.717) is 10.7 Å². The van der Waals surface area contributed by atoms with Crippen molar-refractivity contribution >= 4 is 36.9 Å². The number of hydrogen-bond acceptors (Lipinski definition) is 2. The van der Waals surface area contributed by atoms with Crippen LogP contribution in [0.5, 0.6) is 0 Å². The van der Waals surface area contributed by atoms with Gasteiger partial charge in [0.15, 0.2) is 0 Å². The summed E-state index contributed by atoms with van der Waals surface area (Å²) in [6.45, 7) is 0. The van der Waals surface area contributed by atoms with E-state index in [1.165, 1.54) is 12.1 Å². The fourth-order valence-electron chi connectivity index (χ4n) is 1.21. The SMILES string of the molecule is O=S(=O)(Cl)c1ccn2c(Cl)ccc2c1. The van der Waals surface area contributed by atoms with Crippen LogP contribution in [0.15, 0.2) is 35.4 Å². The van der Waals surface area contributed by atoms with Gasteiger partial charge in [0.1, 0.15) is 5.15 Å². The molecule has 2 heterocycles. The van der Waals surface area contributed by atoms with E-state index in [-0.39, 0.29) is 4.90 Å². The molecule has 0 spiro atoms. The molecule has 0 amide bonds. The summed E-state index contributed by atoms with van der Waals surface area (Å²) in [6.07, 6.45) is 1.56. The highest BCUT2D eigenvalue weighted by Gasteiger charge is 2.10. The van der Waals surface area contributed by atoms with Gasteiger partial charge in [-0.1, -0.05) is 11.6 Å². The lowest BCUT2D eigenvalue weighted by Crippen LogP contribution is -1.92. The van der Waals surface area contributed by atoms with Crippen molar-refractivity contribution in [3.63, 3.8) is 0 Å². The summed E-state index contributed by atoms with van der Waals surface area (Å²) >= 11 is 5.82. The van der Waals surface area contributed by atoms with Gasteiger partial charge in [-0.2, -0.15) is 0 Å². The Hall–Kier alpha value is -0.710. The van der Waals surface area contributed by atoms with E-state index < -0.39 is 9.05 Å². The molecule has 0 fully saturated rings. The Labute approximate surface area is 90.3 Å². The van der Waals surface area contributed by atoms with Crippen molar-refractivity contribution in [2.24, 2.45) is 0 Å². The van der Waals surface area contributed by atoms with Gasteiger partial charge in [-0.05, 0) is 24.3 Å². The molecule has 0 aliphatic heterocycles. The first-order valence-corrected chi connectivity index (χ1v) is 6.38. The Morgan fingerprint density at radius 2 is 1.93 bits per heavy atom. The first-order valence-electron chi connectivity index (χ1n) is 3.70. The maximum absolute atomic E-state index is 11.0. The zero-order chi connectivity index (χ0) is 10.3. The van der Waals surface area contributed by atoms with Gasteiger partial charge in [0.2, 0.25) is 0 Å². The predicted molar refractivity (Wildman–Crippen MR) is 55.4 cm³/mol. The van der Waals surface area contributed by atoms with Gasteiger partial charge >= 0.3 is 0 Å². The van der Waals surface area contributed by atoms with E-state index in [1.807, 2.05) is 0 Å². The normalized spacial score (nSPS) is 12.1. The van der Waals surface area contributed by atoms with Crippen molar-refractivity contribution in [1.82, 2.24) is 4.40 Å². The standard InChI is InChI=1S/C8H5Cl2NO2S/c9-8-2-1-6-5-7(14(10,12)13)3-4-11(6)8/h1-5H. The van der Waals surface area contributed by atoms with Crippen molar-refractivity contribution in [3.8, 4) is 0 Å². The summed E-state index contributed by atoms with van der Waals surface area (Å²) in [6, 6.07) is 6.27. The summed E-state index contributed by atoms with van der Waals surface area (Å²) in [5, 5.41) is 0.526. The minimum absolute atomic E-state index is 0.0708. The van der Waals surface area contributed by atoms with Gasteiger partial charge in [-0.3, -0.25) is 0 Å². The predicted octanol–water partition coefficient (Wildman–Crippen LogP) is 2.52. The quantitative estimate of drug-likeness (QED) is 0.729. The summed E-state index contributed by atoms with van der Waals surface area (Å²) in [4.78, 5) is 0.0708. The summed E-state index contributed by atoms with van der Waals surface area (Å²) in [5.74, 6) is 0. The average Bonchev–Trinajstić information content (AvgIpc) is 2.46. The van der Waals surface area contributed by atoms with Crippen molar-refractivity contribution in [2.45, 2.75) is 4.90 Å². The Balaban J connectivity index is 2.76. The molecule has 0 aromatic carbocycles. The van der Waals surface area contributed by atoms with E-state index in [4.69, 9.17) is 22.3 Å². The second-order valence-corrected chi connectivity index (χ2v) is 5.70. The molecule has 14 heavy (non-hydrogen) atoms. The van der Waals surface area contributed by atoms with Gasteiger partial charge in [-0.15, -0.1) is 0 Å². The van der Waals surface area contributed by atoms with Gasteiger partial charge in [0.05, 0.1) is 4.90 Å². The molecular weight excluding hydrogens is 245 g/mol. The van der Waals surface area contributed by atoms with Crippen LogP contribution in [0.3, 0.4) is 0 Å². The van der Waals surface area contributed by atoms with E-state index in [9.17, 15) is 8.42 Å². The van der Waals surface area contributed by atoms with Crippen LogP contribution in [0, 0.1) is 0 Å². The second kappa shape index (κ2) is 3.15. The summed E-state index contributed by atoms with van der Waals surface area (Å²) in [7, 11) is 1.53. The maximum Gasteiger partial charge on any atom is 0.261 e. The zero-order valence-electron chi connectivity index (χ0n) is 6.81. The Bertz CT molecular complexity index is 588. The Morgan fingerprint density at radius 3 is 2.57 bits per heavy atom. The van der Waals surface area contributed by atoms with E-state index in [0.717, 1.165) is 0 Å². The molecule has 6 heteroatoms. The monoisotopic (exact) mass is 249 g/mol. The van der Waals surface area contributed by atoms with E-state index >= 15 is 0 Å². The third-order valence-electron chi connectivity index (χ3n) is 1.86. The highest BCUT2D eigenvalue weighted by Crippen LogP contribution is 2.20. The maximum atomic E-state index is 11.0. The van der Waals surface area contributed by atoms with Crippen molar-refractivity contribution in [1.29, 1.82) is 0 Å². The van der Waals surface area contributed by atoms with Crippen molar-refractivity contribution in [2.75, 3.05) is 0 Å². The molecule has 0 atom stereocenters. The highest BCUT2D eigenvalue weighted by molar-refractivity contribution is 8.13. The smallest absolute Gasteiger partial charge is 0.261 e. The number of aromatic nitrogens is 1. The lowest BCUT2D eigenvalue weighted by Gasteiger charge is -1.99. The molecule has 0 bridgehead atoms. The fraction of sp³-hybridized carbons (Fsp3) is 0. The molecule has 0 saturated heterocycles. The molecule has 0 radical (unpaired) electrons. The van der Waals surface area contributed by atoms with Crippen molar-refractivity contribution < 1.29 is 8.42 Å². The second-order valence-electron chi connectivity index (χ2n) is 2.75. The number of hydrogen-bond donors (Lipinski definition) is 0. The molecular formula is C8H5Cl2NO2S. The molecule has 0 unspecified atom stereocenters. The number of nitrogens with zero attached hydrogens (tertiary/aromatic N) is 1. The molecule has 3 nitrogen and oxygen atoms in total. The van der Waals surface area contributed by atoms with Crippen LogP contribution in [0.2, 0.25) is 5.15 Å². The molecule has 0 saturated carbocycles. The fourth-order valence-corrected chi connectivity index (χ4v) is 2.20. The van der Waals surface area contributed by atoms with Gasteiger partial charge in [0.25, 0.3) is 9.05 Å². The topological polar surface area (TPSA) is 38.5 Å². The zero-order valence-corrected chi connectivity index (χ0v) is 9.14. The van der Waals surface area contributed by atoms with Crippen LogP contribution in [-0.4, -0.2) is 12.8 Å². The number of rotatable bonds is 1. The molecule has 0 aliphatic carbocycles. The van der Waals surface area contributed by atoms with Crippen molar-refractivity contribution in [3.05, 3.63) is 35.6 Å². The third kappa shape index (κ3) is 1.61. The molecule has 2 rings (SSSR count). The van der Waals surface area contributed by atoms with Crippen LogP contribution < -0.4 is 0 Å². The first-order chi connectivity index (χ1) is 6.48. The lowest BCUT2D eigenvalue weighted by atomic mass is 10.4. The van der Waals surface area contributed by atoms with Gasteiger partial charge in [0, 0.05) is 22.4 Å². The van der Waals surface area contributed by atoms with Crippen LogP contribution in [0.25, 0.3) is 5.52 Å². The number of halogens is 2. The van der Waals surface area contributed by atoms with E-state index in [2.05, 4.69) is 0 Å². The third-order valence-corrected chi connectivity index (χ3v) is 3.52.